The number of amides is 3. The largest absolute Gasteiger partial charge is 0.478 e. The SMILES string of the molecule is Cc1cccc(C(=O)O)c1NC(=O)NCC(=O)NC1CC1. The van der Waals surface area contributed by atoms with E-state index in [0.717, 1.165) is 12.8 Å². The van der Waals surface area contributed by atoms with Gasteiger partial charge in [0.25, 0.3) is 0 Å². The zero-order valence-electron chi connectivity index (χ0n) is 11.6. The van der Waals surface area contributed by atoms with Gasteiger partial charge in [0, 0.05) is 6.04 Å². The van der Waals surface area contributed by atoms with Crippen molar-refractivity contribution in [2.24, 2.45) is 0 Å². The number of carbonyl (C=O) groups excluding carboxylic acids is 2. The monoisotopic (exact) mass is 291 g/mol. The lowest BCUT2D eigenvalue weighted by Crippen LogP contribution is -2.39. The molecule has 0 unspecified atom stereocenters. The van der Waals surface area contributed by atoms with Crippen LogP contribution in [0.15, 0.2) is 18.2 Å². The zero-order valence-corrected chi connectivity index (χ0v) is 11.6. The molecule has 0 spiro atoms. The Morgan fingerprint density at radius 1 is 1.29 bits per heavy atom. The zero-order chi connectivity index (χ0) is 15.4. The van der Waals surface area contributed by atoms with Gasteiger partial charge in [-0.25, -0.2) is 9.59 Å². The Labute approximate surface area is 121 Å². The summed E-state index contributed by atoms with van der Waals surface area (Å²) in [5.74, 6) is -1.38. The van der Waals surface area contributed by atoms with E-state index in [1.165, 1.54) is 6.07 Å². The average Bonchev–Trinajstić information content (AvgIpc) is 3.22. The Balaban J connectivity index is 1.92. The lowest BCUT2D eigenvalue weighted by molar-refractivity contribution is -0.120. The smallest absolute Gasteiger partial charge is 0.337 e. The van der Waals surface area contributed by atoms with Crippen molar-refractivity contribution in [3.05, 3.63) is 29.3 Å². The number of benzene rings is 1. The van der Waals surface area contributed by atoms with E-state index in [1.807, 2.05) is 0 Å². The summed E-state index contributed by atoms with van der Waals surface area (Å²) in [5.41, 5.74) is 0.866. The van der Waals surface area contributed by atoms with E-state index in [2.05, 4.69) is 16.0 Å². The number of hydrogen-bond acceptors (Lipinski definition) is 3. The number of carboxylic acid groups (broad SMARTS) is 1. The summed E-state index contributed by atoms with van der Waals surface area (Å²) in [5, 5.41) is 16.7. The molecule has 0 atom stereocenters. The minimum absolute atomic E-state index is 0.00702. The summed E-state index contributed by atoms with van der Waals surface area (Å²) in [4.78, 5) is 34.3. The third kappa shape index (κ3) is 4.20. The molecule has 1 aromatic rings. The highest BCUT2D eigenvalue weighted by atomic mass is 16.4. The van der Waals surface area contributed by atoms with Crippen LogP contribution < -0.4 is 16.0 Å². The molecule has 4 N–H and O–H groups in total. The molecule has 112 valence electrons. The van der Waals surface area contributed by atoms with Crippen molar-refractivity contribution in [3.63, 3.8) is 0 Å². The van der Waals surface area contributed by atoms with Crippen molar-refractivity contribution in [1.29, 1.82) is 0 Å². The number of para-hydroxylation sites is 1. The van der Waals surface area contributed by atoms with Crippen molar-refractivity contribution in [2.45, 2.75) is 25.8 Å². The Morgan fingerprint density at radius 3 is 2.62 bits per heavy atom. The molecule has 3 amide bonds. The number of nitrogens with one attached hydrogen (secondary N) is 3. The number of urea groups is 1. The summed E-state index contributed by atoms with van der Waals surface area (Å²) in [7, 11) is 0. The van der Waals surface area contributed by atoms with Crippen molar-refractivity contribution in [2.75, 3.05) is 11.9 Å². The second kappa shape index (κ2) is 6.25. The van der Waals surface area contributed by atoms with Crippen LogP contribution in [0.25, 0.3) is 0 Å². The molecule has 0 aliphatic heterocycles. The lowest BCUT2D eigenvalue weighted by atomic mass is 10.1. The minimum atomic E-state index is -1.12. The molecular formula is C14H17N3O4. The first-order valence-corrected chi connectivity index (χ1v) is 6.64. The normalized spacial score (nSPS) is 13.4. The lowest BCUT2D eigenvalue weighted by Gasteiger charge is -2.12. The predicted octanol–water partition coefficient (Wildman–Crippen LogP) is 1.09. The van der Waals surface area contributed by atoms with Gasteiger partial charge in [-0.05, 0) is 31.4 Å². The molecular weight excluding hydrogens is 274 g/mol. The van der Waals surface area contributed by atoms with Gasteiger partial charge in [0.1, 0.15) is 0 Å². The van der Waals surface area contributed by atoms with Crippen LogP contribution in [0.5, 0.6) is 0 Å². The third-order valence-electron chi connectivity index (χ3n) is 3.09. The van der Waals surface area contributed by atoms with Gasteiger partial charge in [-0.2, -0.15) is 0 Å². The van der Waals surface area contributed by atoms with E-state index in [9.17, 15) is 14.4 Å². The molecule has 1 saturated carbocycles. The van der Waals surface area contributed by atoms with Crippen molar-refractivity contribution < 1.29 is 19.5 Å². The third-order valence-corrected chi connectivity index (χ3v) is 3.09. The van der Waals surface area contributed by atoms with E-state index in [1.54, 1.807) is 19.1 Å². The van der Waals surface area contributed by atoms with Gasteiger partial charge in [-0.3, -0.25) is 4.79 Å². The number of carboxylic acids is 1. The van der Waals surface area contributed by atoms with E-state index in [0.29, 0.717) is 5.56 Å². The fourth-order valence-corrected chi connectivity index (χ4v) is 1.84. The van der Waals surface area contributed by atoms with Crippen LogP contribution in [0.4, 0.5) is 10.5 Å². The fraction of sp³-hybridized carbons (Fsp3) is 0.357. The van der Waals surface area contributed by atoms with Crippen LogP contribution in [-0.2, 0) is 4.79 Å². The molecule has 0 saturated heterocycles. The maximum atomic E-state index is 11.8. The van der Waals surface area contributed by atoms with Gasteiger partial charge in [0.15, 0.2) is 0 Å². The number of anilines is 1. The van der Waals surface area contributed by atoms with E-state index in [-0.39, 0.29) is 29.7 Å². The number of rotatable bonds is 5. The van der Waals surface area contributed by atoms with E-state index >= 15 is 0 Å². The van der Waals surface area contributed by atoms with Crippen molar-refractivity contribution >= 4 is 23.6 Å². The average molecular weight is 291 g/mol. The van der Waals surface area contributed by atoms with Gasteiger partial charge in [-0.15, -0.1) is 0 Å². The molecule has 1 fully saturated rings. The quantitative estimate of drug-likeness (QED) is 0.651. The molecule has 2 rings (SSSR count). The molecule has 21 heavy (non-hydrogen) atoms. The van der Waals surface area contributed by atoms with Crippen LogP contribution in [0.2, 0.25) is 0 Å². The number of aryl methyl sites for hydroxylation is 1. The molecule has 1 aliphatic rings. The van der Waals surface area contributed by atoms with Crippen LogP contribution >= 0.6 is 0 Å². The maximum Gasteiger partial charge on any atom is 0.337 e. The second-order valence-corrected chi connectivity index (χ2v) is 4.95. The van der Waals surface area contributed by atoms with Crippen LogP contribution in [0.1, 0.15) is 28.8 Å². The standard InChI is InChI=1S/C14H17N3O4/c1-8-3-2-4-10(13(19)20)12(8)17-14(21)15-7-11(18)16-9-5-6-9/h2-4,9H,5-7H2,1H3,(H,16,18)(H,19,20)(H2,15,17,21). The number of carbonyl (C=O) groups is 3. The van der Waals surface area contributed by atoms with Gasteiger partial charge in [0.2, 0.25) is 5.91 Å². The van der Waals surface area contributed by atoms with Crippen molar-refractivity contribution in [1.82, 2.24) is 10.6 Å². The molecule has 0 heterocycles. The first-order valence-electron chi connectivity index (χ1n) is 6.64. The molecule has 7 heteroatoms. The Hall–Kier alpha value is -2.57. The Morgan fingerprint density at radius 2 is 2.00 bits per heavy atom. The number of hydrogen-bond donors (Lipinski definition) is 4. The molecule has 7 nitrogen and oxygen atoms in total. The highest BCUT2D eigenvalue weighted by molar-refractivity contribution is 6.01. The maximum absolute atomic E-state index is 11.8. The van der Waals surface area contributed by atoms with E-state index < -0.39 is 12.0 Å². The van der Waals surface area contributed by atoms with Gasteiger partial charge in [0.05, 0.1) is 17.8 Å². The summed E-state index contributed by atoms with van der Waals surface area (Å²) < 4.78 is 0. The first-order chi connectivity index (χ1) is 9.97. The predicted molar refractivity (Wildman–Crippen MR) is 76.3 cm³/mol. The molecule has 1 aliphatic carbocycles. The molecule has 1 aromatic carbocycles. The molecule has 0 aromatic heterocycles. The summed E-state index contributed by atoms with van der Waals surface area (Å²) in [6.07, 6.45) is 1.95. The van der Waals surface area contributed by atoms with E-state index in [4.69, 9.17) is 5.11 Å². The Bertz CT molecular complexity index is 582. The number of aromatic carboxylic acids is 1. The van der Waals surface area contributed by atoms with Gasteiger partial charge >= 0.3 is 12.0 Å². The summed E-state index contributed by atoms with van der Waals surface area (Å²) >= 11 is 0. The summed E-state index contributed by atoms with van der Waals surface area (Å²) in [6.45, 7) is 1.55. The minimum Gasteiger partial charge on any atom is -0.478 e. The molecule has 0 radical (unpaired) electrons. The van der Waals surface area contributed by atoms with Crippen LogP contribution in [-0.4, -0.2) is 35.6 Å². The summed E-state index contributed by atoms with van der Waals surface area (Å²) in [6, 6.07) is 4.33. The Kier molecular flexibility index (Phi) is 4.42. The highest BCUT2D eigenvalue weighted by Gasteiger charge is 2.23. The fourth-order valence-electron chi connectivity index (χ4n) is 1.84. The second-order valence-electron chi connectivity index (χ2n) is 4.95. The highest BCUT2D eigenvalue weighted by Crippen LogP contribution is 2.20. The topological polar surface area (TPSA) is 108 Å². The first kappa shape index (κ1) is 14.8. The van der Waals surface area contributed by atoms with Gasteiger partial charge in [-0.1, -0.05) is 12.1 Å². The van der Waals surface area contributed by atoms with Gasteiger partial charge < -0.3 is 21.1 Å². The van der Waals surface area contributed by atoms with Crippen LogP contribution in [0.3, 0.4) is 0 Å². The van der Waals surface area contributed by atoms with Crippen LogP contribution in [0, 0.1) is 6.92 Å². The molecule has 0 bridgehead atoms. The van der Waals surface area contributed by atoms with Crippen molar-refractivity contribution in [3.8, 4) is 0 Å².